The van der Waals surface area contributed by atoms with Crippen molar-refractivity contribution >= 4 is 11.7 Å². The summed E-state index contributed by atoms with van der Waals surface area (Å²) in [7, 11) is 0. The lowest BCUT2D eigenvalue weighted by molar-refractivity contribution is 0.318. The Balaban J connectivity index is 2.49. The largest absolute Gasteiger partial charge is 0.409 e. The average molecular weight is 248 g/mol. The molecule has 0 aliphatic carbocycles. The summed E-state index contributed by atoms with van der Waals surface area (Å²) in [6, 6.07) is 1.96. The summed E-state index contributed by atoms with van der Waals surface area (Å²) in [5, 5.41) is 12.1. The lowest BCUT2D eigenvalue weighted by atomic mass is 10.1. The topological polar surface area (TPSA) is 74.7 Å². The van der Waals surface area contributed by atoms with E-state index in [9.17, 15) is 0 Å². The molecule has 1 aromatic rings. The molecule has 1 aromatic heterocycles. The van der Waals surface area contributed by atoms with Gasteiger partial charge in [-0.05, 0) is 44.7 Å². The zero-order chi connectivity index (χ0) is 13.1. The first-order valence-corrected chi connectivity index (χ1v) is 6.34. The Morgan fingerprint density at radius 1 is 1.33 bits per heavy atom. The van der Waals surface area contributed by atoms with Gasteiger partial charge in [-0.25, -0.2) is 4.98 Å². The molecule has 98 valence electrons. The Bertz CT molecular complexity index is 464. The van der Waals surface area contributed by atoms with Crippen molar-refractivity contribution < 1.29 is 5.21 Å². The van der Waals surface area contributed by atoms with Crippen LogP contribution < -0.4 is 10.6 Å². The van der Waals surface area contributed by atoms with E-state index in [1.807, 2.05) is 19.9 Å². The van der Waals surface area contributed by atoms with Gasteiger partial charge < -0.3 is 15.8 Å². The number of hydrogen-bond acceptors (Lipinski definition) is 4. The summed E-state index contributed by atoms with van der Waals surface area (Å²) >= 11 is 0. The Hall–Kier alpha value is -1.78. The van der Waals surface area contributed by atoms with E-state index in [1.54, 1.807) is 0 Å². The number of anilines is 1. The number of rotatable bonds is 2. The van der Waals surface area contributed by atoms with Gasteiger partial charge in [-0.15, -0.1) is 0 Å². The summed E-state index contributed by atoms with van der Waals surface area (Å²) in [5.41, 5.74) is 8.50. The van der Waals surface area contributed by atoms with E-state index in [4.69, 9.17) is 10.9 Å². The van der Waals surface area contributed by atoms with Crippen LogP contribution in [0.5, 0.6) is 0 Å². The van der Waals surface area contributed by atoms with Gasteiger partial charge in [0.1, 0.15) is 5.82 Å². The maximum atomic E-state index is 8.92. The number of nitrogens with zero attached hydrogens (tertiary/aromatic N) is 3. The lowest BCUT2D eigenvalue weighted by Crippen LogP contribution is -2.33. The predicted octanol–water partition coefficient (Wildman–Crippen LogP) is 1.78. The van der Waals surface area contributed by atoms with Crippen LogP contribution in [0.25, 0.3) is 0 Å². The molecule has 1 aliphatic heterocycles. The van der Waals surface area contributed by atoms with Crippen molar-refractivity contribution in [2.24, 2.45) is 10.9 Å². The lowest BCUT2D eigenvalue weighted by Gasteiger charge is -2.30. The number of piperidine rings is 1. The van der Waals surface area contributed by atoms with Crippen LogP contribution in [0.15, 0.2) is 11.2 Å². The molecule has 18 heavy (non-hydrogen) atoms. The van der Waals surface area contributed by atoms with Gasteiger partial charge in [0.25, 0.3) is 0 Å². The summed E-state index contributed by atoms with van der Waals surface area (Å²) in [5.74, 6) is 0.989. The van der Waals surface area contributed by atoms with Crippen LogP contribution in [0.3, 0.4) is 0 Å². The van der Waals surface area contributed by atoms with Gasteiger partial charge >= 0.3 is 0 Å². The molecule has 0 aromatic carbocycles. The molecular formula is C13H20N4O. The van der Waals surface area contributed by atoms with Gasteiger partial charge in [0.05, 0.1) is 5.56 Å². The minimum Gasteiger partial charge on any atom is -0.409 e. The molecular weight excluding hydrogens is 228 g/mol. The van der Waals surface area contributed by atoms with Crippen molar-refractivity contribution in [3.8, 4) is 0 Å². The van der Waals surface area contributed by atoms with E-state index in [1.165, 1.54) is 19.3 Å². The maximum Gasteiger partial charge on any atom is 0.174 e. The van der Waals surface area contributed by atoms with Gasteiger partial charge in [0, 0.05) is 18.8 Å². The summed E-state index contributed by atoms with van der Waals surface area (Å²) < 4.78 is 0. The Morgan fingerprint density at radius 3 is 2.61 bits per heavy atom. The van der Waals surface area contributed by atoms with Crippen LogP contribution >= 0.6 is 0 Å². The molecule has 2 rings (SSSR count). The van der Waals surface area contributed by atoms with E-state index < -0.39 is 0 Å². The molecule has 1 aliphatic rings. The fraction of sp³-hybridized carbons (Fsp3) is 0.538. The van der Waals surface area contributed by atoms with Crippen LogP contribution in [0.2, 0.25) is 0 Å². The molecule has 1 fully saturated rings. The Labute approximate surface area is 107 Å². The third-order valence-corrected chi connectivity index (χ3v) is 3.35. The zero-order valence-electron chi connectivity index (χ0n) is 11.0. The first-order valence-electron chi connectivity index (χ1n) is 6.34. The standard InChI is InChI=1S/C13H20N4O/c1-9-8-10(2)15-13(11(9)12(14)16-18)17-6-4-3-5-7-17/h8,18H,3-7H2,1-2H3,(H2,14,16). The molecule has 1 saturated heterocycles. The second-order valence-electron chi connectivity index (χ2n) is 4.81. The molecule has 0 saturated carbocycles. The molecule has 0 radical (unpaired) electrons. The Kier molecular flexibility index (Phi) is 3.69. The van der Waals surface area contributed by atoms with Gasteiger partial charge in [-0.3, -0.25) is 0 Å². The first-order chi connectivity index (χ1) is 8.63. The van der Waals surface area contributed by atoms with E-state index in [0.717, 1.165) is 35.7 Å². The highest BCUT2D eigenvalue weighted by Crippen LogP contribution is 2.25. The van der Waals surface area contributed by atoms with Crippen molar-refractivity contribution in [1.29, 1.82) is 0 Å². The van der Waals surface area contributed by atoms with Crippen molar-refractivity contribution in [2.75, 3.05) is 18.0 Å². The number of nitrogens with two attached hydrogens (primary N) is 1. The van der Waals surface area contributed by atoms with Crippen molar-refractivity contribution in [2.45, 2.75) is 33.1 Å². The number of aryl methyl sites for hydroxylation is 2. The monoisotopic (exact) mass is 248 g/mol. The second-order valence-corrected chi connectivity index (χ2v) is 4.81. The molecule has 0 bridgehead atoms. The highest BCUT2D eigenvalue weighted by molar-refractivity contribution is 6.02. The zero-order valence-corrected chi connectivity index (χ0v) is 11.0. The van der Waals surface area contributed by atoms with Crippen molar-refractivity contribution in [1.82, 2.24) is 4.98 Å². The van der Waals surface area contributed by atoms with E-state index in [-0.39, 0.29) is 5.84 Å². The molecule has 0 amide bonds. The van der Waals surface area contributed by atoms with E-state index in [0.29, 0.717) is 0 Å². The first kappa shape index (κ1) is 12.7. The molecule has 3 N–H and O–H groups in total. The fourth-order valence-electron chi connectivity index (χ4n) is 2.52. The molecule has 2 heterocycles. The Morgan fingerprint density at radius 2 is 2.00 bits per heavy atom. The number of amidine groups is 1. The minimum absolute atomic E-state index is 0.139. The molecule has 5 nitrogen and oxygen atoms in total. The SMILES string of the molecule is Cc1cc(C)c(/C(N)=N/O)c(N2CCCCC2)n1. The highest BCUT2D eigenvalue weighted by Gasteiger charge is 2.20. The third-order valence-electron chi connectivity index (χ3n) is 3.35. The number of hydrogen-bond donors (Lipinski definition) is 2. The van der Waals surface area contributed by atoms with Crippen LogP contribution in [0, 0.1) is 13.8 Å². The average Bonchev–Trinajstić information content (AvgIpc) is 2.38. The van der Waals surface area contributed by atoms with Gasteiger partial charge in [-0.1, -0.05) is 5.16 Å². The van der Waals surface area contributed by atoms with Crippen LogP contribution in [-0.4, -0.2) is 29.1 Å². The van der Waals surface area contributed by atoms with Crippen molar-refractivity contribution in [3.63, 3.8) is 0 Å². The molecule has 0 spiro atoms. The summed E-state index contributed by atoms with van der Waals surface area (Å²) in [6.45, 7) is 5.91. The predicted molar refractivity (Wildman–Crippen MR) is 72.3 cm³/mol. The van der Waals surface area contributed by atoms with Gasteiger partial charge in [-0.2, -0.15) is 0 Å². The van der Waals surface area contributed by atoms with E-state index in [2.05, 4.69) is 15.0 Å². The summed E-state index contributed by atoms with van der Waals surface area (Å²) in [6.07, 6.45) is 3.61. The fourth-order valence-corrected chi connectivity index (χ4v) is 2.52. The summed E-state index contributed by atoms with van der Waals surface area (Å²) in [4.78, 5) is 6.81. The number of oxime groups is 1. The highest BCUT2D eigenvalue weighted by atomic mass is 16.4. The quantitative estimate of drug-likeness (QED) is 0.362. The maximum absolute atomic E-state index is 8.92. The second kappa shape index (κ2) is 5.25. The number of aromatic nitrogens is 1. The van der Waals surface area contributed by atoms with Crippen LogP contribution in [0.4, 0.5) is 5.82 Å². The van der Waals surface area contributed by atoms with Gasteiger partial charge in [0.15, 0.2) is 5.84 Å². The molecule has 0 unspecified atom stereocenters. The van der Waals surface area contributed by atoms with Crippen molar-refractivity contribution in [3.05, 3.63) is 22.9 Å². The van der Waals surface area contributed by atoms with Gasteiger partial charge in [0.2, 0.25) is 0 Å². The smallest absolute Gasteiger partial charge is 0.174 e. The van der Waals surface area contributed by atoms with E-state index >= 15 is 0 Å². The third kappa shape index (κ3) is 2.39. The number of pyridine rings is 1. The molecule has 5 heteroatoms. The normalized spacial score (nSPS) is 17.0. The van der Waals surface area contributed by atoms with Crippen LogP contribution in [0.1, 0.15) is 36.1 Å². The molecule has 0 atom stereocenters. The van der Waals surface area contributed by atoms with Crippen LogP contribution in [-0.2, 0) is 0 Å². The minimum atomic E-state index is 0.139.